The highest BCUT2D eigenvalue weighted by atomic mass is 35.5. The molecule has 1 aromatic heterocycles. The summed E-state index contributed by atoms with van der Waals surface area (Å²) in [7, 11) is 0. The Morgan fingerprint density at radius 1 is 1.54 bits per heavy atom. The Kier molecular flexibility index (Phi) is 2.07. The van der Waals surface area contributed by atoms with Gasteiger partial charge < -0.3 is 0 Å². The van der Waals surface area contributed by atoms with Crippen LogP contribution < -0.4 is 0 Å². The van der Waals surface area contributed by atoms with E-state index >= 15 is 0 Å². The molecule has 0 aliphatic carbocycles. The summed E-state index contributed by atoms with van der Waals surface area (Å²) in [5.74, 6) is 0. The largest absolute Gasteiger partial charge is 0.284 e. The Morgan fingerprint density at radius 2 is 2.38 bits per heavy atom. The summed E-state index contributed by atoms with van der Waals surface area (Å²) in [5, 5.41) is 7.44. The number of hydrogen-bond acceptors (Lipinski definition) is 1. The van der Waals surface area contributed by atoms with E-state index in [9.17, 15) is 0 Å². The maximum Gasteiger partial charge on any atom is 0.111 e. The first-order chi connectivity index (χ1) is 6.29. The fourth-order valence-corrected chi connectivity index (χ4v) is 1.42. The second kappa shape index (κ2) is 3.23. The number of aromatic nitrogens is 2. The van der Waals surface area contributed by atoms with Crippen LogP contribution in [0.5, 0.6) is 0 Å². The van der Waals surface area contributed by atoms with Crippen LogP contribution in [0.4, 0.5) is 0 Å². The van der Waals surface area contributed by atoms with Crippen molar-refractivity contribution in [2.24, 2.45) is 0 Å². The maximum absolute atomic E-state index is 5.94. The van der Waals surface area contributed by atoms with Gasteiger partial charge in [0.05, 0.1) is 5.02 Å². The van der Waals surface area contributed by atoms with E-state index in [-0.39, 0.29) is 0 Å². The van der Waals surface area contributed by atoms with Crippen molar-refractivity contribution in [3.8, 4) is 11.3 Å². The molecule has 1 heterocycles. The van der Waals surface area contributed by atoms with Gasteiger partial charge in [-0.1, -0.05) is 23.7 Å². The molecule has 0 saturated carbocycles. The van der Waals surface area contributed by atoms with Crippen LogP contribution in [0, 0.1) is 13.0 Å². The molecule has 2 nitrogen and oxygen atoms in total. The van der Waals surface area contributed by atoms with E-state index < -0.39 is 0 Å². The fraction of sp³-hybridized carbons (Fsp3) is 0.100. The van der Waals surface area contributed by atoms with Gasteiger partial charge in [0.2, 0.25) is 0 Å². The minimum absolute atomic E-state index is 0.641. The van der Waals surface area contributed by atoms with Crippen LogP contribution in [-0.4, -0.2) is 10.2 Å². The lowest BCUT2D eigenvalue weighted by molar-refractivity contribution is 1.09. The molecule has 0 unspecified atom stereocenters. The number of nitrogens with one attached hydrogen (secondary N) is 1. The quantitative estimate of drug-likeness (QED) is 0.738. The van der Waals surface area contributed by atoms with Gasteiger partial charge in [-0.3, -0.25) is 5.10 Å². The van der Waals surface area contributed by atoms with Gasteiger partial charge >= 0.3 is 0 Å². The van der Waals surface area contributed by atoms with Gasteiger partial charge in [0.15, 0.2) is 0 Å². The third-order valence-corrected chi connectivity index (χ3v) is 2.22. The van der Waals surface area contributed by atoms with Gasteiger partial charge in [-0.15, -0.1) is 0 Å². The van der Waals surface area contributed by atoms with E-state index in [1.54, 1.807) is 6.20 Å². The predicted octanol–water partition coefficient (Wildman–Crippen LogP) is 2.84. The van der Waals surface area contributed by atoms with Crippen molar-refractivity contribution in [2.45, 2.75) is 6.92 Å². The maximum atomic E-state index is 5.94. The van der Waals surface area contributed by atoms with Gasteiger partial charge in [-0.2, -0.15) is 5.10 Å². The van der Waals surface area contributed by atoms with E-state index in [0.717, 1.165) is 16.8 Å². The van der Waals surface area contributed by atoms with Crippen molar-refractivity contribution in [2.75, 3.05) is 0 Å². The van der Waals surface area contributed by atoms with Crippen molar-refractivity contribution in [3.63, 3.8) is 0 Å². The average molecular weight is 192 g/mol. The zero-order valence-corrected chi connectivity index (χ0v) is 7.89. The first kappa shape index (κ1) is 8.32. The van der Waals surface area contributed by atoms with Crippen LogP contribution in [0.15, 0.2) is 24.4 Å². The summed E-state index contributed by atoms with van der Waals surface area (Å²) < 4.78 is 0. The second-order valence-electron chi connectivity index (χ2n) is 2.82. The molecule has 0 spiro atoms. The number of nitrogens with zero attached hydrogens (tertiary/aromatic N) is 1. The molecule has 13 heavy (non-hydrogen) atoms. The smallest absolute Gasteiger partial charge is 0.111 e. The Morgan fingerprint density at radius 3 is 3.00 bits per heavy atom. The Labute approximate surface area is 81.6 Å². The summed E-state index contributed by atoms with van der Waals surface area (Å²) >= 11 is 5.94. The molecule has 65 valence electrons. The van der Waals surface area contributed by atoms with Gasteiger partial charge in [0, 0.05) is 11.8 Å². The van der Waals surface area contributed by atoms with Crippen molar-refractivity contribution in [1.82, 2.24) is 10.2 Å². The van der Waals surface area contributed by atoms with Crippen LogP contribution in [0.25, 0.3) is 11.3 Å². The summed E-state index contributed by atoms with van der Waals surface area (Å²) in [6.45, 7) is 2.02. The molecule has 0 aliphatic rings. The third-order valence-electron chi connectivity index (χ3n) is 1.93. The van der Waals surface area contributed by atoms with Crippen LogP contribution in [-0.2, 0) is 0 Å². The standard InChI is InChI=1S/C10H8ClN2/c1-7-4-2-3-5-8(7)10-9(11)6-12-13-10/h2,4-6H,1H3,(H,12,13). The fourth-order valence-electron chi connectivity index (χ4n) is 1.23. The first-order valence-electron chi connectivity index (χ1n) is 3.95. The number of H-pyrrole nitrogens is 1. The lowest BCUT2D eigenvalue weighted by Gasteiger charge is -2.00. The number of aryl methyl sites for hydroxylation is 1. The van der Waals surface area contributed by atoms with E-state index in [1.165, 1.54) is 0 Å². The van der Waals surface area contributed by atoms with Gasteiger partial charge in [-0.25, -0.2) is 0 Å². The molecular formula is C10H8ClN2. The molecule has 2 rings (SSSR count). The molecule has 0 saturated heterocycles. The zero-order chi connectivity index (χ0) is 9.26. The molecule has 3 heteroatoms. The van der Waals surface area contributed by atoms with E-state index in [2.05, 4.69) is 16.3 Å². The second-order valence-corrected chi connectivity index (χ2v) is 3.23. The lowest BCUT2D eigenvalue weighted by Crippen LogP contribution is -1.83. The number of halogens is 1. The number of aromatic amines is 1. The van der Waals surface area contributed by atoms with Crippen molar-refractivity contribution < 1.29 is 0 Å². The van der Waals surface area contributed by atoms with E-state index in [4.69, 9.17) is 11.6 Å². The highest BCUT2D eigenvalue weighted by Gasteiger charge is 2.07. The molecule has 1 radical (unpaired) electrons. The summed E-state index contributed by atoms with van der Waals surface area (Å²) in [6, 6.07) is 8.75. The van der Waals surface area contributed by atoms with E-state index in [0.29, 0.717) is 5.02 Å². The Bertz CT molecular complexity index is 420. The topological polar surface area (TPSA) is 28.7 Å². The summed E-state index contributed by atoms with van der Waals surface area (Å²) in [6.07, 6.45) is 1.67. The Balaban J connectivity index is 2.59. The van der Waals surface area contributed by atoms with Crippen LogP contribution in [0.1, 0.15) is 5.56 Å². The first-order valence-corrected chi connectivity index (χ1v) is 4.33. The van der Waals surface area contributed by atoms with Gasteiger partial charge in [0.25, 0.3) is 0 Å². The van der Waals surface area contributed by atoms with Gasteiger partial charge in [0.1, 0.15) is 5.69 Å². The van der Waals surface area contributed by atoms with Crippen molar-refractivity contribution in [3.05, 3.63) is 41.0 Å². The molecule has 0 bridgehead atoms. The average Bonchev–Trinajstić information content (AvgIpc) is 2.52. The van der Waals surface area contributed by atoms with Crippen LogP contribution in [0.3, 0.4) is 0 Å². The third kappa shape index (κ3) is 1.45. The predicted molar refractivity (Wildman–Crippen MR) is 52.6 cm³/mol. The molecule has 1 N–H and O–H groups in total. The molecule has 1 aromatic carbocycles. The highest BCUT2D eigenvalue weighted by molar-refractivity contribution is 6.33. The molecule has 0 amide bonds. The Hall–Kier alpha value is -1.28. The monoisotopic (exact) mass is 191 g/mol. The minimum Gasteiger partial charge on any atom is -0.284 e. The molecular weight excluding hydrogens is 184 g/mol. The van der Waals surface area contributed by atoms with Crippen LogP contribution in [0.2, 0.25) is 5.02 Å². The number of hydrogen-bond donors (Lipinski definition) is 1. The van der Waals surface area contributed by atoms with Crippen LogP contribution >= 0.6 is 11.6 Å². The van der Waals surface area contributed by atoms with Crippen molar-refractivity contribution in [1.29, 1.82) is 0 Å². The van der Waals surface area contributed by atoms with Crippen molar-refractivity contribution >= 4 is 11.6 Å². The molecule has 0 aliphatic heterocycles. The SMILES string of the molecule is Cc1cc[c]cc1-c1n[nH]cc1Cl. The molecule has 0 atom stereocenters. The molecule has 2 aromatic rings. The zero-order valence-electron chi connectivity index (χ0n) is 7.13. The minimum atomic E-state index is 0.641. The highest BCUT2D eigenvalue weighted by Crippen LogP contribution is 2.26. The van der Waals surface area contributed by atoms with Gasteiger partial charge in [-0.05, 0) is 24.6 Å². The lowest BCUT2D eigenvalue weighted by atomic mass is 10.1. The molecule has 0 fully saturated rings. The van der Waals surface area contributed by atoms with E-state index in [1.807, 2.05) is 25.1 Å². The summed E-state index contributed by atoms with van der Waals surface area (Å²) in [5.41, 5.74) is 2.96. The number of rotatable bonds is 1. The number of benzene rings is 1. The normalized spacial score (nSPS) is 10.3. The summed E-state index contributed by atoms with van der Waals surface area (Å²) in [4.78, 5) is 0.